The second-order valence-corrected chi connectivity index (χ2v) is 8.09. The van der Waals surface area contributed by atoms with Crippen molar-refractivity contribution in [2.75, 3.05) is 13.1 Å². The Labute approximate surface area is 187 Å². The number of rotatable bonds is 7. The van der Waals surface area contributed by atoms with Gasteiger partial charge >= 0.3 is 0 Å². The predicted octanol–water partition coefficient (Wildman–Crippen LogP) is 2.64. The van der Waals surface area contributed by atoms with Crippen molar-refractivity contribution in [2.24, 2.45) is 0 Å². The number of aromatic nitrogens is 2. The Balaban J connectivity index is 1.29. The quantitative estimate of drug-likeness (QED) is 0.558. The van der Waals surface area contributed by atoms with Crippen LogP contribution in [0.1, 0.15) is 12.0 Å². The topological polar surface area (TPSA) is 101 Å². The summed E-state index contributed by atoms with van der Waals surface area (Å²) < 4.78 is 1.61. The molecule has 0 radical (unpaired) electrons. The van der Waals surface area contributed by atoms with E-state index in [4.69, 9.17) is 0 Å². The molecule has 3 amide bonds. The first-order chi connectivity index (χ1) is 15.5. The van der Waals surface area contributed by atoms with Gasteiger partial charge in [0, 0.05) is 24.9 Å². The molecule has 0 bridgehead atoms. The van der Waals surface area contributed by atoms with Crippen molar-refractivity contribution in [1.82, 2.24) is 20.0 Å². The van der Waals surface area contributed by atoms with Crippen LogP contribution < -0.4 is 10.7 Å². The monoisotopic (exact) mass is 448 g/mol. The first-order valence-corrected chi connectivity index (χ1v) is 10.9. The average molecular weight is 449 g/mol. The van der Waals surface area contributed by atoms with Gasteiger partial charge in [-0.25, -0.2) is 0 Å². The molecule has 1 fully saturated rings. The summed E-state index contributed by atoms with van der Waals surface area (Å²) in [6, 6.07) is 16.4. The zero-order valence-corrected chi connectivity index (χ0v) is 17.9. The fourth-order valence-electron chi connectivity index (χ4n) is 3.34. The smallest absolute Gasteiger partial charge is 0.293 e. The third-order valence-electron chi connectivity index (χ3n) is 4.94. The minimum absolute atomic E-state index is 0.0989. The minimum Gasteiger partial charge on any atom is -0.354 e. The fourth-order valence-corrected chi connectivity index (χ4v) is 4.20. The number of hydrogen-bond acceptors (Lipinski definition) is 6. The van der Waals surface area contributed by atoms with Crippen molar-refractivity contribution >= 4 is 45.8 Å². The molecule has 0 atom stereocenters. The number of nitrogens with one attached hydrogen (secondary N) is 1. The Morgan fingerprint density at radius 1 is 1.00 bits per heavy atom. The van der Waals surface area contributed by atoms with Crippen molar-refractivity contribution in [3.63, 3.8) is 0 Å². The van der Waals surface area contributed by atoms with E-state index in [1.54, 1.807) is 29.0 Å². The van der Waals surface area contributed by atoms with Crippen LogP contribution in [0, 0.1) is 0 Å². The van der Waals surface area contributed by atoms with Gasteiger partial charge in [0.1, 0.15) is 0 Å². The van der Waals surface area contributed by atoms with Crippen LogP contribution in [0.4, 0.5) is 4.79 Å². The van der Waals surface area contributed by atoms with E-state index in [0.717, 1.165) is 22.2 Å². The molecule has 2 heterocycles. The number of thioether (sulfide) groups is 1. The van der Waals surface area contributed by atoms with Crippen LogP contribution in [-0.2, 0) is 16.1 Å². The van der Waals surface area contributed by atoms with Crippen LogP contribution in [0.25, 0.3) is 17.0 Å². The summed E-state index contributed by atoms with van der Waals surface area (Å²) in [6.07, 6.45) is 3.07. The van der Waals surface area contributed by atoms with Crippen molar-refractivity contribution < 1.29 is 14.4 Å². The molecule has 3 aromatic rings. The maximum atomic E-state index is 12.5. The van der Waals surface area contributed by atoms with Gasteiger partial charge in [-0.2, -0.15) is 5.10 Å². The Hall–Kier alpha value is -3.72. The van der Waals surface area contributed by atoms with E-state index in [0.29, 0.717) is 22.4 Å². The van der Waals surface area contributed by atoms with Crippen molar-refractivity contribution in [2.45, 2.75) is 13.0 Å². The Morgan fingerprint density at radius 3 is 2.56 bits per heavy atom. The number of fused-ring (bicyclic) bond motifs is 1. The number of nitrogens with zero attached hydrogens (tertiary/aromatic N) is 3. The van der Waals surface area contributed by atoms with E-state index in [1.165, 1.54) is 6.20 Å². The van der Waals surface area contributed by atoms with Gasteiger partial charge in [0.2, 0.25) is 11.3 Å². The molecule has 0 spiro atoms. The van der Waals surface area contributed by atoms with E-state index < -0.39 is 0 Å². The SMILES string of the molecule is O=C(CCn1ncc(=O)c2ccccc21)NCCN1C(=O)S/C(=C\c2ccccc2)C1=O. The van der Waals surface area contributed by atoms with E-state index in [1.807, 2.05) is 36.4 Å². The van der Waals surface area contributed by atoms with Crippen molar-refractivity contribution in [1.29, 1.82) is 0 Å². The molecule has 2 aromatic carbocycles. The highest BCUT2D eigenvalue weighted by Crippen LogP contribution is 2.31. The van der Waals surface area contributed by atoms with Crippen LogP contribution >= 0.6 is 11.8 Å². The molecule has 0 aliphatic carbocycles. The lowest BCUT2D eigenvalue weighted by atomic mass is 10.2. The number of amides is 3. The van der Waals surface area contributed by atoms with Crippen molar-refractivity contribution in [3.8, 4) is 0 Å². The van der Waals surface area contributed by atoms with Gasteiger partial charge in [-0.3, -0.25) is 28.8 Å². The summed E-state index contributed by atoms with van der Waals surface area (Å²) in [6.45, 7) is 0.559. The summed E-state index contributed by atoms with van der Waals surface area (Å²) >= 11 is 0.894. The van der Waals surface area contributed by atoms with Crippen LogP contribution in [0.2, 0.25) is 0 Å². The number of carbonyl (C=O) groups is 3. The standard InChI is InChI=1S/C23H20N4O4S/c28-19-15-25-27(18-9-5-4-8-17(18)19)12-10-21(29)24-11-13-26-22(30)20(32-23(26)31)14-16-6-2-1-3-7-16/h1-9,14-15H,10-13H2,(H,24,29)/b20-14-. The van der Waals surface area contributed by atoms with Gasteiger partial charge in [-0.1, -0.05) is 42.5 Å². The minimum atomic E-state index is -0.359. The molecule has 0 saturated carbocycles. The number of hydrogen-bond donors (Lipinski definition) is 1. The molecule has 8 nitrogen and oxygen atoms in total. The van der Waals surface area contributed by atoms with Gasteiger partial charge in [-0.15, -0.1) is 0 Å². The highest BCUT2D eigenvalue weighted by Gasteiger charge is 2.34. The van der Waals surface area contributed by atoms with Gasteiger partial charge in [0.15, 0.2) is 0 Å². The van der Waals surface area contributed by atoms with Crippen LogP contribution in [-0.4, -0.2) is 44.8 Å². The summed E-state index contributed by atoms with van der Waals surface area (Å²) in [5.41, 5.74) is 1.34. The maximum Gasteiger partial charge on any atom is 0.293 e. The summed E-state index contributed by atoms with van der Waals surface area (Å²) in [4.78, 5) is 50.4. The second kappa shape index (κ2) is 9.61. The molecule has 1 N–H and O–H groups in total. The molecular formula is C23H20N4O4S. The van der Waals surface area contributed by atoms with Crippen LogP contribution in [0.15, 0.2) is 70.5 Å². The number of carbonyl (C=O) groups excluding carboxylic acids is 3. The van der Waals surface area contributed by atoms with Gasteiger partial charge in [0.05, 0.1) is 23.2 Å². The molecule has 162 valence electrons. The normalized spacial score (nSPS) is 15.0. The van der Waals surface area contributed by atoms with Gasteiger partial charge < -0.3 is 5.32 Å². The van der Waals surface area contributed by atoms with E-state index in [-0.39, 0.29) is 42.0 Å². The average Bonchev–Trinajstić information content (AvgIpc) is 3.07. The molecule has 1 aromatic heterocycles. The van der Waals surface area contributed by atoms with Crippen LogP contribution in [0.3, 0.4) is 0 Å². The number of aryl methyl sites for hydroxylation is 1. The summed E-state index contributed by atoms with van der Waals surface area (Å²) in [5.74, 6) is -0.594. The fraction of sp³-hybridized carbons (Fsp3) is 0.174. The highest BCUT2D eigenvalue weighted by molar-refractivity contribution is 8.18. The third kappa shape index (κ3) is 4.78. The lowest BCUT2D eigenvalue weighted by Crippen LogP contribution is -2.37. The summed E-state index contributed by atoms with van der Waals surface area (Å²) in [7, 11) is 0. The molecule has 9 heteroatoms. The lowest BCUT2D eigenvalue weighted by Gasteiger charge is -2.13. The number of imide groups is 1. The Morgan fingerprint density at radius 2 is 1.75 bits per heavy atom. The molecule has 0 unspecified atom stereocenters. The van der Waals surface area contributed by atoms with Gasteiger partial charge in [-0.05, 0) is 35.5 Å². The van der Waals surface area contributed by atoms with Crippen LogP contribution in [0.5, 0.6) is 0 Å². The Bertz CT molecular complexity index is 1270. The maximum absolute atomic E-state index is 12.5. The molecule has 32 heavy (non-hydrogen) atoms. The highest BCUT2D eigenvalue weighted by atomic mass is 32.2. The third-order valence-corrected chi connectivity index (χ3v) is 5.85. The second-order valence-electron chi connectivity index (χ2n) is 7.09. The summed E-state index contributed by atoms with van der Waals surface area (Å²) in [5, 5.41) is 7.03. The Kier molecular flexibility index (Phi) is 6.46. The largest absolute Gasteiger partial charge is 0.354 e. The molecule has 1 aliphatic rings. The number of benzene rings is 2. The zero-order chi connectivity index (χ0) is 22.5. The molecular weight excluding hydrogens is 428 g/mol. The van der Waals surface area contributed by atoms with Gasteiger partial charge in [0.25, 0.3) is 11.1 Å². The van der Waals surface area contributed by atoms with E-state index in [2.05, 4.69) is 10.4 Å². The molecule has 1 saturated heterocycles. The predicted molar refractivity (Wildman–Crippen MR) is 123 cm³/mol. The first-order valence-electron chi connectivity index (χ1n) is 10.0. The van der Waals surface area contributed by atoms with Crippen molar-refractivity contribution in [3.05, 3.63) is 81.5 Å². The van der Waals surface area contributed by atoms with E-state index in [9.17, 15) is 19.2 Å². The molecule has 1 aliphatic heterocycles. The van der Waals surface area contributed by atoms with E-state index >= 15 is 0 Å². The zero-order valence-electron chi connectivity index (χ0n) is 17.1. The number of para-hydroxylation sites is 1. The molecule has 4 rings (SSSR count). The lowest BCUT2D eigenvalue weighted by molar-refractivity contribution is -0.124. The first kappa shape index (κ1) is 21.5.